The number of nitrogens with one attached hydrogen (secondary N) is 1. The fraction of sp³-hybridized carbons (Fsp3) is 0.562. The van der Waals surface area contributed by atoms with Crippen molar-refractivity contribution in [1.29, 1.82) is 0 Å². The van der Waals surface area contributed by atoms with Crippen LogP contribution in [-0.4, -0.2) is 38.8 Å². The molecule has 1 saturated carbocycles. The van der Waals surface area contributed by atoms with Gasteiger partial charge in [0.25, 0.3) is 0 Å². The molecule has 1 amide bonds. The van der Waals surface area contributed by atoms with Gasteiger partial charge in [-0.15, -0.1) is 0 Å². The lowest BCUT2D eigenvalue weighted by atomic mass is 10.2. The molecule has 23 heavy (non-hydrogen) atoms. The summed E-state index contributed by atoms with van der Waals surface area (Å²) in [6, 6.07) is 4.54. The van der Waals surface area contributed by atoms with Crippen molar-refractivity contribution in [2.75, 3.05) is 25.5 Å². The molecule has 6 nitrogen and oxygen atoms in total. The summed E-state index contributed by atoms with van der Waals surface area (Å²) < 4.78 is 31.8. The van der Waals surface area contributed by atoms with E-state index in [4.69, 9.17) is 4.74 Å². The van der Waals surface area contributed by atoms with Crippen LogP contribution in [0.3, 0.4) is 0 Å². The Kier molecular flexibility index (Phi) is 5.31. The topological polar surface area (TPSA) is 75.7 Å². The average Bonchev–Trinajstić information content (AvgIpc) is 3.25. The fourth-order valence-electron chi connectivity index (χ4n) is 2.57. The summed E-state index contributed by atoms with van der Waals surface area (Å²) >= 11 is 0. The highest BCUT2D eigenvalue weighted by Crippen LogP contribution is 2.39. The van der Waals surface area contributed by atoms with Gasteiger partial charge in [-0.1, -0.05) is 20.8 Å². The number of sulfonamides is 1. The third-order valence-corrected chi connectivity index (χ3v) is 6.26. The van der Waals surface area contributed by atoms with E-state index in [0.717, 1.165) is 6.42 Å². The predicted molar refractivity (Wildman–Crippen MR) is 89.0 cm³/mol. The van der Waals surface area contributed by atoms with Gasteiger partial charge < -0.3 is 10.1 Å². The minimum atomic E-state index is -3.57. The number of ether oxygens (including phenoxy) is 1. The molecule has 1 fully saturated rings. The first-order chi connectivity index (χ1) is 10.8. The third kappa shape index (κ3) is 3.67. The zero-order chi connectivity index (χ0) is 17.2. The number of nitrogens with zero attached hydrogens (tertiary/aromatic N) is 1. The van der Waals surface area contributed by atoms with Crippen molar-refractivity contribution in [3.05, 3.63) is 18.2 Å². The molecule has 7 heteroatoms. The van der Waals surface area contributed by atoms with Gasteiger partial charge in [-0.3, -0.25) is 4.79 Å². The molecule has 0 spiro atoms. The zero-order valence-corrected chi connectivity index (χ0v) is 14.8. The number of hydrogen-bond acceptors (Lipinski definition) is 4. The Balaban J connectivity index is 2.33. The van der Waals surface area contributed by atoms with Gasteiger partial charge in [-0.25, -0.2) is 8.42 Å². The third-order valence-electron chi connectivity index (χ3n) is 4.22. The highest BCUT2D eigenvalue weighted by Gasteiger charge is 2.39. The van der Waals surface area contributed by atoms with E-state index in [1.165, 1.54) is 23.5 Å². The quantitative estimate of drug-likeness (QED) is 0.826. The molecule has 1 N–H and O–H groups in total. The minimum Gasteiger partial charge on any atom is -0.495 e. The molecular formula is C16H24N2O4S. The summed E-state index contributed by atoms with van der Waals surface area (Å²) in [5, 5.41) is 2.79. The van der Waals surface area contributed by atoms with Crippen LogP contribution < -0.4 is 10.1 Å². The molecule has 0 aliphatic heterocycles. The molecule has 0 unspecified atom stereocenters. The van der Waals surface area contributed by atoms with Crippen molar-refractivity contribution in [1.82, 2.24) is 4.31 Å². The molecule has 2 rings (SSSR count). The molecule has 0 heterocycles. The van der Waals surface area contributed by atoms with E-state index in [-0.39, 0.29) is 16.7 Å². The van der Waals surface area contributed by atoms with Crippen molar-refractivity contribution < 1.29 is 17.9 Å². The van der Waals surface area contributed by atoms with E-state index in [2.05, 4.69) is 5.32 Å². The van der Waals surface area contributed by atoms with Crippen LogP contribution in [0, 0.1) is 11.8 Å². The van der Waals surface area contributed by atoms with E-state index in [1.807, 2.05) is 6.92 Å². The molecule has 1 aliphatic rings. The summed E-state index contributed by atoms with van der Waals surface area (Å²) in [6.07, 6.45) is 0.867. The van der Waals surface area contributed by atoms with Gasteiger partial charge in [0.1, 0.15) is 5.75 Å². The molecule has 0 aromatic heterocycles. The van der Waals surface area contributed by atoms with Gasteiger partial charge in [-0.2, -0.15) is 4.31 Å². The Labute approximate surface area is 137 Å². The summed E-state index contributed by atoms with van der Waals surface area (Å²) in [7, 11) is -2.08. The van der Waals surface area contributed by atoms with Crippen LogP contribution in [0.1, 0.15) is 27.2 Å². The Morgan fingerprint density at radius 2 is 1.96 bits per heavy atom. The lowest BCUT2D eigenvalue weighted by Crippen LogP contribution is -2.30. The second kappa shape index (κ2) is 6.88. The standard InChI is InChI=1S/C16H24N2O4S/c1-5-18(6-2)23(20,21)12-7-8-15(22-4)14(10-12)17-16(19)13-9-11(13)3/h7-8,10-11,13H,5-6,9H2,1-4H3,(H,17,19)/t11-,13+/m0/s1. The van der Waals surface area contributed by atoms with Crippen LogP contribution in [0.5, 0.6) is 5.75 Å². The molecule has 1 aliphatic carbocycles. The fourth-order valence-corrected chi connectivity index (χ4v) is 4.06. The maximum atomic E-state index is 12.6. The van der Waals surface area contributed by atoms with Gasteiger partial charge in [0.05, 0.1) is 17.7 Å². The lowest BCUT2D eigenvalue weighted by Gasteiger charge is -2.19. The van der Waals surface area contributed by atoms with Crippen molar-refractivity contribution in [2.24, 2.45) is 11.8 Å². The second-order valence-corrected chi connectivity index (χ2v) is 7.70. The maximum Gasteiger partial charge on any atom is 0.243 e. The Morgan fingerprint density at radius 1 is 1.35 bits per heavy atom. The largest absolute Gasteiger partial charge is 0.495 e. The highest BCUT2D eigenvalue weighted by molar-refractivity contribution is 7.89. The predicted octanol–water partition coefficient (Wildman–Crippen LogP) is 2.32. The molecule has 128 valence electrons. The van der Waals surface area contributed by atoms with Crippen LogP contribution >= 0.6 is 0 Å². The molecule has 2 atom stereocenters. The highest BCUT2D eigenvalue weighted by atomic mass is 32.2. The van der Waals surface area contributed by atoms with Crippen LogP contribution in [0.25, 0.3) is 0 Å². The molecule has 1 aromatic carbocycles. The Morgan fingerprint density at radius 3 is 2.43 bits per heavy atom. The summed E-state index contributed by atoms with van der Waals surface area (Å²) in [4.78, 5) is 12.3. The smallest absolute Gasteiger partial charge is 0.243 e. The first-order valence-corrected chi connectivity index (χ1v) is 9.28. The number of methoxy groups -OCH3 is 1. The van der Waals surface area contributed by atoms with E-state index < -0.39 is 10.0 Å². The number of benzene rings is 1. The maximum absolute atomic E-state index is 12.6. The van der Waals surface area contributed by atoms with Crippen LogP contribution in [0.2, 0.25) is 0 Å². The first-order valence-electron chi connectivity index (χ1n) is 7.84. The number of hydrogen-bond donors (Lipinski definition) is 1. The van der Waals surface area contributed by atoms with Crippen molar-refractivity contribution in [3.63, 3.8) is 0 Å². The molecular weight excluding hydrogens is 316 g/mol. The summed E-state index contributed by atoms with van der Waals surface area (Å²) in [6.45, 7) is 6.39. The first kappa shape index (κ1) is 17.7. The second-order valence-electron chi connectivity index (χ2n) is 5.76. The molecule has 1 aromatic rings. The van der Waals surface area contributed by atoms with Gasteiger partial charge in [0.15, 0.2) is 0 Å². The van der Waals surface area contributed by atoms with Gasteiger partial charge >= 0.3 is 0 Å². The number of amides is 1. The minimum absolute atomic E-state index is 0.00255. The molecule has 0 bridgehead atoms. The van der Waals surface area contributed by atoms with Gasteiger partial charge in [-0.05, 0) is 30.5 Å². The van der Waals surface area contributed by atoms with Crippen LogP contribution in [-0.2, 0) is 14.8 Å². The molecule has 0 saturated heterocycles. The van der Waals surface area contributed by atoms with Gasteiger partial charge in [0.2, 0.25) is 15.9 Å². The Hall–Kier alpha value is -1.60. The van der Waals surface area contributed by atoms with E-state index >= 15 is 0 Å². The van der Waals surface area contributed by atoms with Crippen molar-refractivity contribution in [2.45, 2.75) is 32.1 Å². The SMILES string of the molecule is CCN(CC)S(=O)(=O)c1ccc(OC)c(NC(=O)[C@@H]2C[C@@H]2C)c1. The molecule has 0 radical (unpaired) electrons. The summed E-state index contributed by atoms with van der Waals surface area (Å²) in [5.41, 5.74) is 0.393. The van der Waals surface area contributed by atoms with Crippen LogP contribution in [0.15, 0.2) is 23.1 Å². The number of anilines is 1. The van der Waals surface area contributed by atoms with E-state index in [0.29, 0.717) is 30.4 Å². The monoisotopic (exact) mass is 340 g/mol. The van der Waals surface area contributed by atoms with E-state index in [1.54, 1.807) is 19.9 Å². The average molecular weight is 340 g/mol. The van der Waals surface area contributed by atoms with Crippen molar-refractivity contribution >= 4 is 21.6 Å². The normalized spacial score (nSPS) is 20.4. The number of carbonyl (C=O) groups excluding carboxylic acids is 1. The van der Waals surface area contributed by atoms with Crippen molar-refractivity contribution in [3.8, 4) is 5.75 Å². The zero-order valence-electron chi connectivity index (χ0n) is 14.0. The van der Waals surface area contributed by atoms with E-state index in [9.17, 15) is 13.2 Å². The number of carbonyl (C=O) groups is 1. The summed E-state index contributed by atoms with van der Waals surface area (Å²) in [5.74, 6) is 0.740. The van der Waals surface area contributed by atoms with Gasteiger partial charge in [0, 0.05) is 19.0 Å². The Bertz CT molecular complexity index is 683. The number of rotatable bonds is 7. The lowest BCUT2D eigenvalue weighted by molar-refractivity contribution is -0.117. The van der Waals surface area contributed by atoms with Crippen LogP contribution in [0.4, 0.5) is 5.69 Å².